The molecule has 0 unspecified atom stereocenters. The highest BCUT2D eigenvalue weighted by Crippen LogP contribution is 2.39. The van der Waals surface area contributed by atoms with E-state index in [4.69, 9.17) is 4.42 Å². The molecule has 0 saturated heterocycles. The molecule has 2 aromatic heterocycles. The molecule has 7 heteroatoms. The number of carbonyl (C=O) groups is 1. The van der Waals surface area contributed by atoms with Crippen molar-refractivity contribution in [2.24, 2.45) is 0 Å². The predicted molar refractivity (Wildman–Crippen MR) is 87.2 cm³/mol. The number of aryl methyl sites for hydroxylation is 1. The summed E-state index contributed by atoms with van der Waals surface area (Å²) in [4.78, 5) is 16.3. The number of hydrogen-bond acceptors (Lipinski definition) is 5. The molecule has 0 spiro atoms. The molecule has 1 aliphatic heterocycles. The van der Waals surface area contributed by atoms with E-state index in [1.165, 1.54) is 12.8 Å². The van der Waals surface area contributed by atoms with Crippen molar-refractivity contribution in [3.63, 3.8) is 0 Å². The first-order valence-corrected chi connectivity index (χ1v) is 8.54. The van der Waals surface area contributed by atoms with E-state index in [-0.39, 0.29) is 5.91 Å². The third-order valence-corrected chi connectivity index (χ3v) is 4.78. The van der Waals surface area contributed by atoms with Crippen LogP contribution in [0.25, 0.3) is 0 Å². The van der Waals surface area contributed by atoms with E-state index in [9.17, 15) is 4.79 Å². The minimum atomic E-state index is 0.0967. The van der Waals surface area contributed by atoms with Crippen LogP contribution in [-0.4, -0.2) is 50.6 Å². The SMILES string of the molecule is Cc1ccc(CN(C)C(=O)CN2CCn3c(nnc3C3CC3)C2)o1. The minimum absolute atomic E-state index is 0.0967. The fraction of sp³-hybridized carbons (Fsp3) is 0.588. The summed E-state index contributed by atoms with van der Waals surface area (Å²) in [5.74, 6) is 4.52. The maximum absolute atomic E-state index is 12.5. The number of furan rings is 1. The van der Waals surface area contributed by atoms with Gasteiger partial charge in [0.25, 0.3) is 0 Å². The largest absolute Gasteiger partial charge is 0.464 e. The number of aromatic nitrogens is 3. The van der Waals surface area contributed by atoms with Gasteiger partial charge in [-0.1, -0.05) is 0 Å². The van der Waals surface area contributed by atoms with E-state index < -0.39 is 0 Å². The van der Waals surface area contributed by atoms with Crippen LogP contribution in [0.5, 0.6) is 0 Å². The van der Waals surface area contributed by atoms with Gasteiger partial charge in [0.05, 0.1) is 19.6 Å². The molecule has 1 fully saturated rings. The van der Waals surface area contributed by atoms with Crippen LogP contribution in [0.3, 0.4) is 0 Å². The third-order valence-electron chi connectivity index (χ3n) is 4.78. The number of hydrogen-bond donors (Lipinski definition) is 0. The molecule has 128 valence electrons. The fourth-order valence-electron chi connectivity index (χ4n) is 3.21. The number of nitrogens with zero attached hydrogens (tertiary/aromatic N) is 5. The van der Waals surface area contributed by atoms with Crippen LogP contribution in [-0.2, 0) is 24.4 Å². The summed E-state index contributed by atoms with van der Waals surface area (Å²) in [6.07, 6.45) is 2.47. The lowest BCUT2D eigenvalue weighted by Gasteiger charge is -2.28. The Morgan fingerprint density at radius 2 is 2.17 bits per heavy atom. The minimum Gasteiger partial charge on any atom is -0.464 e. The Morgan fingerprint density at radius 1 is 1.33 bits per heavy atom. The average Bonchev–Trinajstić information content (AvgIpc) is 3.19. The van der Waals surface area contributed by atoms with Gasteiger partial charge in [-0.25, -0.2) is 0 Å². The van der Waals surface area contributed by atoms with E-state index in [1.54, 1.807) is 4.90 Å². The van der Waals surface area contributed by atoms with E-state index in [0.29, 0.717) is 25.6 Å². The van der Waals surface area contributed by atoms with Crippen LogP contribution in [0, 0.1) is 6.92 Å². The molecule has 1 aliphatic carbocycles. The second-order valence-corrected chi connectivity index (χ2v) is 6.87. The summed E-state index contributed by atoms with van der Waals surface area (Å²) in [5.41, 5.74) is 0. The van der Waals surface area contributed by atoms with Gasteiger partial charge in [-0.15, -0.1) is 10.2 Å². The molecule has 2 aliphatic rings. The standard InChI is InChI=1S/C17H23N5O2/c1-12-3-6-14(24-12)9-20(2)16(23)11-21-7-8-22-15(10-21)18-19-17(22)13-4-5-13/h3,6,13H,4-5,7-11H2,1-2H3. The molecular formula is C17H23N5O2. The molecule has 0 N–H and O–H groups in total. The lowest BCUT2D eigenvalue weighted by Crippen LogP contribution is -2.42. The van der Waals surface area contributed by atoms with Crippen LogP contribution in [0.1, 0.15) is 41.9 Å². The van der Waals surface area contributed by atoms with Crippen LogP contribution < -0.4 is 0 Å². The zero-order valence-electron chi connectivity index (χ0n) is 14.2. The van der Waals surface area contributed by atoms with Gasteiger partial charge in [-0.05, 0) is 31.9 Å². The van der Waals surface area contributed by atoms with Crippen molar-refractivity contribution in [2.75, 3.05) is 20.1 Å². The van der Waals surface area contributed by atoms with Crippen molar-refractivity contribution in [3.05, 3.63) is 35.3 Å². The van der Waals surface area contributed by atoms with E-state index in [0.717, 1.165) is 36.3 Å². The van der Waals surface area contributed by atoms with Gasteiger partial charge < -0.3 is 13.9 Å². The molecule has 0 radical (unpaired) electrons. The smallest absolute Gasteiger partial charge is 0.236 e. The number of rotatable bonds is 5. The van der Waals surface area contributed by atoms with Gasteiger partial charge in [0.1, 0.15) is 23.2 Å². The lowest BCUT2D eigenvalue weighted by molar-refractivity contribution is -0.132. The summed E-state index contributed by atoms with van der Waals surface area (Å²) in [6, 6.07) is 3.84. The van der Waals surface area contributed by atoms with Crippen LogP contribution >= 0.6 is 0 Å². The average molecular weight is 329 g/mol. The van der Waals surface area contributed by atoms with Crippen LogP contribution in [0.15, 0.2) is 16.5 Å². The Kier molecular flexibility index (Phi) is 3.88. The maximum atomic E-state index is 12.5. The zero-order valence-corrected chi connectivity index (χ0v) is 14.2. The molecule has 0 atom stereocenters. The highest BCUT2D eigenvalue weighted by molar-refractivity contribution is 5.77. The highest BCUT2D eigenvalue weighted by Gasteiger charge is 2.32. The van der Waals surface area contributed by atoms with Crippen molar-refractivity contribution < 1.29 is 9.21 Å². The molecule has 1 saturated carbocycles. The maximum Gasteiger partial charge on any atom is 0.236 e. The van der Waals surface area contributed by atoms with Gasteiger partial charge in [-0.2, -0.15) is 0 Å². The van der Waals surface area contributed by atoms with Gasteiger partial charge >= 0.3 is 0 Å². The van der Waals surface area contributed by atoms with Gasteiger partial charge in [0, 0.05) is 26.1 Å². The van der Waals surface area contributed by atoms with Crippen molar-refractivity contribution in [3.8, 4) is 0 Å². The molecule has 24 heavy (non-hydrogen) atoms. The number of fused-ring (bicyclic) bond motifs is 1. The highest BCUT2D eigenvalue weighted by atomic mass is 16.3. The quantitative estimate of drug-likeness (QED) is 0.832. The van der Waals surface area contributed by atoms with E-state index in [1.807, 2.05) is 26.1 Å². The Bertz CT molecular complexity index is 746. The summed E-state index contributed by atoms with van der Waals surface area (Å²) < 4.78 is 7.79. The van der Waals surface area contributed by atoms with Crippen molar-refractivity contribution in [1.29, 1.82) is 0 Å². The summed E-state index contributed by atoms with van der Waals surface area (Å²) in [7, 11) is 1.82. The Labute approximate surface area is 141 Å². The van der Waals surface area contributed by atoms with Gasteiger partial charge in [-0.3, -0.25) is 9.69 Å². The predicted octanol–water partition coefficient (Wildman–Crippen LogP) is 1.53. The Balaban J connectivity index is 1.34. The number of amides is 1. The fourth-order valence-corrected chi connectivity index (χ4v) is 3.21. The van der Waals surface area contributed by atoms with E-state index >= 15 is 0 Å². The third kappa shape index (κ3) is 3.08. The molecule has 2 aromatic rings. The van der Waals surface area contributed by atoms with Crippen LogP contribution in [0.2, 0.25) is 0 Å². The molecule has 4 rings (SSSR count). The molecule has 7 nitrogen and oxygen atoms in total. The second kappa shape index (κ2) is 6.05. The number of likely N-dealkylation sites (N-methyl/N-ethyl adjacent to an activating group) is 1. The first-order chi connectivity index (χ1) is 11.6. The monoisotopic (exact) mass is 329 g/mol. The Hall–Kier alpha value is -2.15. The number of carbonyl (C=O) groups excluding carboxylic acids is 1. The first-order valence-electron chi connectivity index (χ1n) is 8.54. The summed E-state index contributed by atoms with van der Waals surface area (Å²) in [5, 5.41) is 8.67. The molecule has 0 bridgehead atoms. The summed E-state index contributed by atoms with van der Waals surface area (Å²) in [6.45, 7) is 5.25. The van der Waals surface area contributed by atoms with Crippen LogP contribution in [0.4, 0.5) is 0 Å². The summed E-state index contributed by atoms with van der Waals surface area (Å²) >= 11 is 0. The van der Waals surface area contributed by atoms with Crippen molar-refractivity contribution in [2.45, 2.75) is 45.3 Å². The van der Waals surface area contributed by atoms with E-state index in [2.05, 4.69) is 19.7 Å². The molecule has 0 aromatic carbocycles. The Morgan fingerprint density at radius 3 is 2.88 bits per heavy atom. The first kappa shape index (κ1) is 15.4. The normalized spacial score (nSPS) is 17.8. The lowest BCUT2D eigenvalue weighted by atomic mass is 10.3. The molecule has 3 heterocycles. The second-order valence-electron chi connectivity index (χ2n) is 6.87. The molecular weight excluding hydrogens is 306 g/mol. The van der Waals surface area contributed by atoms with Crippen molar-refractivity contribution in [1.82, 2.24) is 24.6 Å². The van der Waals surface area contributed by atoms with Crippen molar-refractivity contribution >= 4 is 5.91 Å². The zero-order chi connectivity index (χ0) is 16.7. The topological polar surface area (TPSA) is 67.4 Å². The molecule has 1 amide bonds. The van der Waals surface area contributed by atoms with Gasteiger partial charge in [0.2, 0.25) is 5.91 Å². The van der Waals surface area contributed by atoms with Gasteiger partial charge in [0.15, 0.2) is 0 Å².